The molecule has 2 aromatic rings. The molecule has 0 spiro atoms. The highest BCUT2D eigenvalue weighted by Gasteiger charge is 2.20. The molecule has 104 valence electrons. The molecule has 0 radical (unpaired) electrons. The van der Waals surface area contributed by atoms with Crippen molar-refractivity contribution in [2.45, 2.75) is 23.8 Å². The predicted molar refractivity (Wildman–Crippen MR) is 80.8 cm³/mol. The van der Waals surface area contributed by atoms with E-state index in [9.17, 15) is 8.42 Å². The number of benzene rings is 2. The average Bonchev–Trinajstić information content (AvgIpc) is 2.80. The van der Waals surface area contributed by atoms with Crippen molar-refractivity contribution in [2.24, 2.45) is 0 Å². The Morgan fingerprint density at radius 2 is 1.65 bits per heavy atom. The highest BCUT2D eigenvalue weighted by atomic mass is 32.2. The molecule has 20 heavy (non-hydrogen) atoms. The largest absolute Gasteiger partial charge is 0.382 e. The van der Waals surface area contributed by atoms with Gasteiger partial charge in [-0.2, -0.15) is 0 Å². The molecule has 0 bridgehead atoms. The summed E-state index contributed by atoms with van der Waals surface area (Å²) in [4.78, 5) is 0.359. The van der Waals surface area contributed by atoms with Gasteiger partial charge in [-0.15, -0.1) is 0 Å². The van der Waals surface area contributed by atoms with Crippen LogP contribution in [0.3, 0.4) is 0 Å². The van der Waals surface area contributed by atoms with Crippen LogP contribution in [0.25, 0.3) is 0 Å². The maximum atomic E-state index is 11.6. The molecule has 0 heterocycles. The number of sulfone groups is 1. The second-order valence-corrected chi connectivity index (χ2v) is 7.33. The standard InChI is InChI=1S/C16H17NO2S/c1-20(18,19)16-8-4-7-14(11-16)17-15-9-12-5-2-3-6-13(12)10-15/h2-8,11,15,17H,9-10H2,1H3. The second kappa shape index (κ2) is 4.94. The van der Waals surface area contributed by atoms with E-state index in [1.807, 2.05) is 6.07 Å². The summed E-state index contributed by atoms with van der Waals surface area (Å²) < 4.78 is 23.1. The van der Waals surface area contributed by atoms with E-state index in [0.29, 0.717) is 10.9 Å². The summed E-state index contributed by atoms with van der Waals surface area (Å²) in [6.45, 7) is 0. The minimum atomic E-state index is -3.15. The summed E-state index contributed by atoms with van der Waals surface area (Å²) in [5.41, 5.74) is 3.62. The van der Waals surface area contributed by atoms with Crippen LogP contribution in [0.4, 0.5) is 5.69 Å². The van der Waals surface area contributed by atoms with Gasteiger partial charge in [0.25, 0.3) is 0 Å². The van der Waals surface area contributed by atoms with Crippen LogP contribution in [-0.2, 0) is 22.7 Å². The molecule has 1 aliphatic rings. The van der Waals surface area contributed by atoms with Gasteiger partial charge in [0.1, 0.15) is 0 Å². The molecular weight excluding hydrogens is 270 g/mol. The molecule has 0 saturated carbocycles. The van der Waals surface area contributed by atoms with Crippen molar-refractivity contribution in [1.29, 1.82) is 0 Å². The Morgan fingerprint density at radius 3 is 2.25 bits per heavy atom. The first-order valence-electron chi connectivity index (χ1n) is 6.66. The third-order valence-electron chi connectivity index (χ3n) is 3.68. The fourth-order valence-corrected chi connectivity index (χ4v) is 3.38. The molecule has 3 rings (SSSR count). The van der Waals surface area contributed by atoms with E-state index >= 15 is 0 Å². The predicted octanol–water partition coefficient (Wildman–Crippen LogP) is 2.67. The van der Waals surface area contributed by atoms with E-state index in [1.54, 1.807) is 18.2 Å². The lowest BCUT2D eigenvalue weighted by Gasteiger charge is -2.14. The van der Waals surface area contributed by atoms with Crippen molar-refractivity contribution in [3.8, 4) is 0 Å². The molecule has 0 unspecified atom stereocenters. The monoisotopic (exact) mass is 287 g/mol. The fraction of sp³-hybridized carbons (Fsp3) is 0.250. The number of hydrogen-bond donors (Lipinski definition) is 1. The first-order valence-corrected chi connectivity index (χ1v) is 8.55. The Bertz CT molecular complexity index is 713. The normalized spacial score (nSPS) is 15.1. The zero-order chi connectivity index (χ0) is 14.2. The SMILES string of the molecule is CS(=O)(=O)c1cccc(NC2Cc3ccccc3C2)c1. The molecule has 0 aromatic heterocycles. The number of rotatable bonds is 3. The Morgan fingerprint density at radius 1 is 1.00 bits per heavy atom. The number of nitrogens with one attached hydrogen (secondary N) is 1. The molecule has 1 aliphatic carbocycles. The van der Waals surface area contributed by atoms with E-state index in [4.69, 9.17) is 0 Å². The number of fused-ring (bicyclic) bond motifs is 1. The van der Waals surface area contributed by atoms with Crippen LogP contribution in [0.2, 0.25) is 0 Å². The fourth-order valence-electron chi connectivity index (χ4n) is 2.71. The first-order chi connectivity index (χ1) is 9.52. The van der Waals surface area contributed by atoms with E-state index in [0.717, 1.165) is 18.5 Å². The van der Waals surface area contributed by atoms with Crippen molar-refractivity contribution in [3.63, 3.8) is 0 Å². The van der Waals surface area contributed by atoms with Crippen molar-refractivity contribution < 1.29 is 8.42 Å². The van der Waals surface area contributed by atoms with Crippen LogP contribution in [-0.4, -0.2) is 20.7 Å². The van der Waals surface area contributed by atoms with Crippen LogP contribution in [0.1, 0.15) is 11.1 Å². The van der Waals surface area contributed by atoms with Crippen molar-refractivity contribution >= 4 is 15.5 Å². The number of hydrogen-bond acceptors (Lipinski definition) is 3. The van der Waals surface area contributed by atoms with Crippen LogP contribution in [0.5, 0.6) is 0 Å². The van der Waals surface area contributed by atoms with Gasteiger partial charge < -0.3 is 5.32 Å². The van der Waals surface area contributed by atoms with E-state index in [1.165, 1.54) is 17.4 Å². The Hall–Kier alpha value is -1.81. The smallest absolute Gasteiger partial charge is 0.175 e. The van der Waals surface area contributed by atoms with Crippen molar-refractivity contribution in [3.05, 3.63) is 59.7 Å². The molecule has 0 saturated heterocycles. The lowest BCUT2D eigenvalue weighted by molar-refractivity contribution is 0.602. The molecule has 0 aliphatic heterocycles. The Kier molecular flexibility index (Phi) is 3.26. The third kappa shape index (κ3) is 2.70. The van der Waals surface area contributed by atoms with Gasteiger partial charge >= 0.3 is 0 Å². The lowest BCUT2D eigenvalue weighted by atomic mass is 10.1. The third-order valence-corrected chi connectivity index (χ3v) is 4.79. The second-order valence-electron chi connectivity index (χ2n) is 5.32. The van der Waals surface area contributed by atoms with Crippen molar-refractivity contribution in [2.75, 3.05) is 11.6 Å². The molecule has 4 heteroatoms. The average molecular weight is 287 g/mol. The zero-order valence-corrected chi connectivity index (χ0v) is 12.2. The molecule has 0 fully saturated rings. The van der Waals surface area contributed by atoms with Gasteiger partial charge in [-0.25, -0.2) is 8.42 Å². The van der Waals surface area contributed by atoms with Gasteiger partial charge in [-0.3, -0.25) is 0 Å². The highest BCUT2D eigenvalue weighted by molar-refractivity contribution is 7.90. The minimum Gasteiger partial charge on any atom is -0.382 e. The van der Waals surface area contributed by atoms with Crippen LogP contribution in [0, 0.1) is 0 Å². The summed E-state index contributed by atoms with van der Waals surface area (Å²) in [5.74, 6) is 0. The summed E-state index contributed by atoms with van der Waals surface area (Å²) in [7, 11) is -3.15. The van der Waals surface area contributed by atoms with Gasteiger partial charge in [-0.05, 0) is 42.2 Å². The van der Waals surface area contributed by atoms with Crippen molar-refractivity contribution in [1.82, 2.24) is 0 Å². The van der Waals surface area contributed by atoms with E-state index < -0.39 is 9.84 Å². The van der Waals surface area contributed by atoms with E-state index in [2.05, 4.69) is 29.6 Å². The maximum absolute atomic E-state index is 11.6. The topological polar surface area (TPSA) is 46.2 Å². The maximum Gasteiger partial charge on any atom is 0.175 e. The highest BCUT2D eigenvalue weighted by Crippen LogP contribution is 2.25. The van der Waals surface area contributed by atoms with E-state index in [-0.39, 0.29) is 0 Å². The minimum absolute atomic E-state index is 0.335. The van der Waals surface area contributed by atoms with Crippen LogP contribution in [0.15, 0.2) is 53.4 Å². The molecule has 2 aromatic carbocycles. The summed E-state index contributed by atoms with van der Waals surface area (Å²) >= 11 is 0. The molecular formula is C16H17NO2S. The number of anilines is 1. The van der Waals surface area contributed by atoms with Gasteiger partial charge in [-0.1, -0.05) is 30.3 Å². The zero-order valence-electron chi connectivity index (χ0n) is 11.3. The molecule has 0 atom stereocenters. The molecule has 3 nitrogen and oxygen atoms in total. The van der Waals surface area contributed by atoms with Gasteiger partial charge in [0, 0.05) is 18.0 Å². The van der Waals surface area contributed by atoms with Gasteiger partial charge in [0.05, 0.1) is 4.90 Å². The Balaban J connectivity index is 1.77. The summed E-state index contributed by atoms with van der Waals surface area (Å²) in [6.07, 6.45) is 3.20. The molecule has 1 N–H and O–H groups in total. The van der Waals surface area contributed by atoms with Gasteiger partial charge in [0.15, 0.2) is 9.84 Å². The Labute approximate surface area is 119 Å². The van der Waals surface area contributed by atoms with Crippen LogP contribution < -0.4 is 5.32 Å². The lowest BCUT2D eigenvalue weighted by Crippen LogP contribution is -2.19. The quantitative estimate of drug-likeness (QED) is 0.944. The van der Waals surface area contributed by atoms with Gasteiger partial charge in [0.2, 0.25) is 0 Å². The summed E-state index contributed by atoms with van der Waals surface area (Å²) in [5, 5.41) is 3.44. The van der Waals surface area contributed by atoms with Crippen LogP contribution >= 0.6 is 0 Å². The summed E-state index contributed by atoms with van der Waals surface area (Å²) in [6, 6.07) is 15.8. The molecule has 0 amide bonds. The first kappa shape index (κ1) is 13.2.